The van der Waals surface area contributed by atoms with Crippen LogP contribution in [-0.4, -0.2) is 37.0 Å². The summed E-state index contributed by atoms with van der Waals surface area (Å²) >= 11 is 0. The second-order valence-electron chi connectivity index (χ2n) is 7.12. The van der Waals surface area contributed by atoms with Crippen LogP contribution in [-0.2, 0) is 4.79 Å². The molecule has 132 valence electrons. The van der Waals surface area contributed by atoms with E-state index in [-0.39, 0.29) is 5.91 Å². The van der Waals surface area contributed by atoms with Crippen molar-refractivity contribution in [1.82, 2.24) is 10.2 Å². The number of carbonyl (C=O) groups excluding carboxylic acids is 1. The van der Waals surface area contributed by atoms with Gasteiger partial charge in [0.25, 0.3) is 0 Å². The molecule has 1 heterocycles. The molecule has 1 aromatic rings. The molecule has 0 radical (unpaired) electrons. The number of benzene rings is 1. The third-order valence-electron chi connectivity index (χ3n) is 5.46. The van der Waals surface area contributed by atoms with Gasteiger partial charge in [0.2, 0.25) is 5.91 Å². The second kappa shape index (κ2) is 8.52. The monoisotopic (exact) mass is 330 g/mol. The molecule has 4 heteroatoms. The number of ether oxygens (including phenoxy) is 1. The van der Waals surface area contributed by atoms with Crippen LogP contribution in [0.1, 0.15) is 63.0 Å². The molecule has 0 spiro atoms. The van der Waals surface area contributed by atoms with Gasteiger partial charge in [-0.2, -0.15) is 0 Å². The Morgan fingerprint density at radius 2 is 2.00 bits per heavy atom. The zero-order valence-corrected chi connectivity index (χ0v) is 14.8. The molecule has 3 rings (SSSR count). The molecule has 1 unspecified atom stereocenters. The molecule has 4 nitrogen and oxygen atoms in total. The van der Waals surface area contributed by atoms with Gasteiger partial charge in [-0.05, 0) is 37.0 Å². The minimum atomic E-state index is 0.221. The summed E-state index contributed by atoms with van der Waals surface area (Å²) in [5.74, 6) is 1.13. The summed E-state index contributed by atoms with van der Waals surface area (Å²) in [6, 6.07) is 9.14. The van der Waals surface area contributed by atoms with Crippen molar-refractivity contribution < 1.29 is 9.53 Å². The molecular weight excluding hydrogens is 300 g/mol. The molecule has 1 atom stereocenters. The van der Waals surface area contributed by atoms with Crippen molar-refractivity contribution in [2.75, 3.05) is 20.2 Å². The van der Waals surface area contributed by atoms with Crippen molar-refractivity contribution in [1.29, 1.82) is 0 Å². The van der Waals surface area contributed by atoms with E-state index in [2.05, 4.69) is 22.3 Å². The van der Waals surface area contributed by atoms with Gasteiger partial charge >= 0.3 is 0 Å². The maximum Gasteiger partial charge on any atom is 0.221 e. The third-order valence-corrected chi connectivity index (χ3v) is 5.46. The minimum absolute atomic E-state index is 0.221. The van der Waals surface area contributed by atoms with Gasteiger partial charge in [0.1, 0.15) is 5.75 Å². The molecule has 1 aliphatic carbocycles. The topological polar surface area (TPSA) is 41.6 Å². The van der Waals surface area contributed by atoms with Crippen LogP contribution in [0, 0.1) is 0 Å². The lowest BCUT2D eigenvalue weighted by Gasteiger charge is -2.41. The molecule has 1 saturated carbocycles. The molecule has 24 heavy (non-hydrogen) atoms. The van der Waals surface area contributed by atoms with E-state index in [9.17, 15) is 4.79 Å². The average Bonchev–Trinajstić information content (AvgIpc) is 2.83. The van der Waals surface area contributed by atoms with Crippen LogP contribution in [0.5, 0.6) is 5.75 Å². The van der Waals surface area contributed by atoms with Gasteiger partial charge in [-0.3, -0.25) is 9.69 Å². The fourth-order valence-electron chi connectivity index (χ4n) is 3.90. The Kier molecular flexibility index (Phi) is 6.13. The number of rotatable bonds is 6. The quantitative estimate of drug-likeness (QED) is 0.809. The van der Waals surface area contributed by atoms with Gasteiger partial charge in [-0.1, -0.05) is 37.8 Å². The first-order chi connectivity index (χ1) is 11.8. The van der Waals surface area contributed by atoms with Crippen LogP contribution in [0.2, 0.25) is 0 Å². The zero-order valence-electron chi connectivity index (χ0n) is 14.8. The highest BCUT2D eigenvalue weighted by molar-refractivity contribution is 5.76. The standard InChI is InChI=1S/C20H30N2O2/c1-24-18-10-6-7-16(15-18)19-11-13-22(19)14-12-20(23)21-17-8-4-2-3-5-9-17/h6-7,10,15,17,19H,2-5,8-9,11-14H2,1H3,(H,21,23). The summed E-state index contributed by atoms with van der Waals surface area (Å²) in [5, 5.41) is 3.25. The predicted octanol–water partition coefficient (Wildman–Crippen LogP) is 3.67. The first-order valence-electron chi connectivity index (χ1n) is 9.43. The van der Waals surface area contributed by atoms with E-state index in [0.29, 0.717) is 18.5 Å². The van der Waals surface area contributed by atoms with Gasteiger partial charge in [0.15, 0.2) is 0 Å². The Balaban J connectivity index is 1.45. The van der Waals surface area contributed by atoms with Gasteiger partial charge in [-0.25, -0.2) is 0 Å². The van der Waals surface area contributed by atoms with Crippen LogP contribution < -0.4 is 10.1 Å². The number of methoxy groups -OCH3 is 1. The summed E-state index contributed by atoms with van der Waals surface area (Å²) in [6.07, 6.45) is 9.24. The Hall–Kier alpha value is -1.55. The number of carbonyl (C=O) groups is 1. The minimum Gasteiger partial charge on any atom is -0.497 e. The Labute approximate surface area is 145 Å². The maximum atomic E-state index is 12.3. The smallest absolute Gasteiger partial charge is 0.221 e. The molecule has 1 aromatic carbocycles. The van der Waals surface area contributed by atoms with E-state index < -0.39 is 0 Å². The summed E-state index contributed by atoms with van der Waals surface area (Å²) in [4.78, 5) is 14.7. The first kappa shape index (κ1) is 17.3. The SMILES string of the molecule is COc1cccc(C2CCN2CCC(=O)NC2CCCCCC2)c1. The molecule has 1 amide bonds. The molecule has 0 bridgehead atoms. The van der Waals surface area contributed by atoms with Gasteiger partial charge in [0, 0.05) is 31.6 Å². The van der Waals surface area contributed by atoms with Crippen LogP contribution in [0.25, 0.3) is 0 Å². The molecule has 1 saturated heterocycles. The summed E-state index contributed by atoms with van der Waals surface area (Å²) in [5.41, 5.74) is 1.30. The average molecular weight is 330 g/mol. The van der Waals surface area contributed by atoms with E-state index in [1.807, 2.05) is 12.1 Å². The highest BCUT2D eigenvalue weighted by Crippen LogP contribution is 2.34. The Morgan fingerprint density at radius 3 is 2.67 bits per heavy atom. The van der Waals surface area contributed by atoms with E-state index in [0.717, 1.165) is 38.1 Å². The van der Waals surface area contributed by atoms with Crippen molar-refractivity contribution in [3.8, 4) is 5.75 Å². The van der Waals surface area contributed by atoms with Crippen molar-refractivity contribution in [3.63, 3.8) is 0 Å². The van der Waals surface area contributed by atoms with Crippen LogP contribution >= 0.6 is 0 Å². The van der Waals surface area contributed by atoms with Crippen molar-refractivity contribution in [2.24, 2.45) is 0 Å². The van der Waals surface area contributed by atoms with Crippen molar-refractivity contribution >= 4 is 5.91 Å². The lowest BCUT2D eigenvalue weighted by Crippen LogP contribution is -2.43. The van der Waals surface area contributed by atoms with E-state index in [1.165, 1.54) is 31.2 Å². The molecule has 1 aliphatic heterocycles. The van der Waals surface area contributed by atoms with Crippen LogP contribution in [0.3, 0.4) is 0 Å². The van der Waals surface area contributed by atoms with E-state index in [1.54, 1.807) is 7.11 Å². The number of nitrogens with one attached hydrogen (secondary N) is 1. The fourth-order valence-corrected chi connectivity index (χ4v) is 3.90. The predicted molar refractivity (Wildman–Crippen MR) is 96.2 cm³/mol. The lowest BCUT2D eigenvalue weighted by atomic mass is 9.94. The summed E-state index contributed by atoms with van der Waals surface area (Å²) in [6.45, 7) is 1.93. The van der Waals surface area contributed by atoms with Crippen molar-refractivity contribution in [3.05, 3.63) is 29.8 Å². The van der Waals surface area contributed by atoms with Crippen LogP contribution in [0.4, 0.5) is 0 Å². The number of amides is 1. The van der Waals surface area contributed by atoms with E-state index >= 15 is 0 Å². The fraction of sp³-hybridized carbons (Fsp3) is 0.650. The molecule has 0 aromatic heterocycles. The highest BCUT2D eigenvalue weighted by Gasteiger charge is 2.29. The third kappa shape index (κ3) is 4.50. The summed E-state index contributed by atoms with van der Waals surface area (Å²) in [7, 11) is 1.70. The number of nitrogens with zero attached hydrogens (tertiary/aromatic N) is 1. The largest absolute Gasteiger partial charge is 0.497 e. The van der Waals surface area contributed by atoms with E-state index in [4.69, 9.17) is 4.74 Å². The molecule has 2 fully saturated rings. The van der Waals surface area contributed by atoms with Gasteiger partial charge < -0.3 is 10.1 Å². The molecular formula is C20H30N2O2. The first-order valence-corrected chi connectivity index (χ1v) is 9.43. The second-order valence-corrected chi connectivity index (χ2v) is 7.12. The van der Waals surface area contributed by atoms with Gasteiger partial charge in [-0.15, -0.1) is 0 Å². The number of likely N-dealkylation sites (tertiary alicyclic amines) is 1. The van der Waals surface area contributed by atoms with Crippen molar-refractivity contribution in [2.45, 2.75) is 63.5 Å². The zero-order chi connectivity index (χ0) is 16.8. The normalized spacial score (nSPS) is 22.5. The Bertz CT molecular complexity index is 538. The Morgan fingerprint density at radius 1 is 1.21 bits per heavy atom. The van der Waals surface area contributed by atoms with Gasteiger partial charge in [0.05, 0.1) is 7.11 Å². The number of hydrogen-bond donors (Lipinski definition) is 1. The molecule has 2 aliphatic rings. The number of hydrogen-bond acceptors (Lipinski definition) is 3. The maximum absolute atomic E-state index is 12.3. The lowest BCUT2D eigenvalue weighted by molar-refractivity contribution is -0.122. The molecule has 1 N–H and O–H groups in total. The highest BCUT2D eigenvalue weighted by atomic mass is 16.5. The summed E-state index contributed by atoms with van der Waals surface area (Å²) < 4.78 is 5.32. The van der Waals surface area contributed by atoms with Crippen LogP contribution in [0.15, 0.2) is 24.3 Å².